The topological polar surface area (TPSA) is 52.1 Å². The number of piperazine rings is 3. The van der Waals surface area contributed by atoms with Gasteiger partial charge in [0.25, 0.3) is 0 Å². The SMILES string of the molecule is CN=C(NCC1CN2CCN1CC2)NCC(C)(C)OC.I. The molecule has 21 heavy (non-hydrogen) atoms. The number of methoxy groups -OCH3 is 1. The van der Waals surface area contributed by atoms with Gasteiger partial charge in [0.2, 0.25) is 0 Å². The Balaban J connectivity index is 0.00000220. The maximum Gasteiger partial charge on any atom is 0.191 e. The zero-order valence-corrected chi connectivity index (χ0v) is 16.0. The summed E-state index contributed by atoms with van der Waals surface area (Å²) in [6.45, 7) is 11.8. The average Bonchev–Trinajstić information content (AvgIpc) is 2.48. The molecule has 3 heterocycles. The average molecular weight is 411 g/mol. The minimum Gasteiger partial charge on any atom is -0.377 e. The Bertz CT molecular complexity index is 342. The highest BCUT2D eigenvalue weighted by Crippen LogP contribution is 2.14. The third-order valence-electron chi connectivity index (χ3n) is 4.36. The zero-order chi connectivity index (χ0) is 14.6. The number of fused-ring (bicyclic) bond motifs is 3. The van der Waals surface area contributed by atoms with Crippen molar-refractivity contribution in [3.63, 3.8) is 0 Å². The quantitative estimate of drug-likeness (QED) is 0.385. The molecular weight excluding hydrogens is 381 g/mol. The van der Waals surface area contributed by atoms with Gasteiger partial charge in [-0.2, -0.15) is 0 Å². The molecule has 3 aliphatic rings. The van der Waals surface area contributed by atoms with Crippen LogP contribution < -0.4 is 10.6 Å². The molecule has 2 N–H and O–H groups in total. The monoisotopic (exact) mass is 411 g/mol. The van der Waals surface area contributed by atoms with E-state index in [1.165, 1.54) is 32.7 Å². The van der Waals surface area contributed by atoms with Crippen LogP contribution in [0.2, 0.25) is 0 Å². The van der Waals surface area contributed by atoms with Crippen LogP contribution in [0.5, 0.6) is 0 Å². The molecule has 3 fully saturated rings. The van der Waals surface area contributed by atoms with E-state index < -0.39 is 0 Å². The van der Waals surface area contributed by atoms with E-state index in [0.29, 0.717) is 6.04 Å². The molecule has 1 unspecified atom stereocenters. The summed E-state index contributed by atoms with van der Waals surface area (Å²) in [6.07, 6.45) is 0. The molecule has 7 heteroatoms. The van der Waals surface area contributed by atoms with Crippen LogP contribution in [0.3, 0.4) is 0 Å². The molecule has 1 atom stereocenters. The Hall–Kier alpha value is -0.120. The Morgan fingerprint density at radius 2 is 1.90 bits per heavy atom. The first-order valence-corrected chi connectivity index (χ1v) is 7.50. The first-order valence-electron chi connectivity index (χ1n) is 7.50. The van der Waals surface area contributed by atoms with E-state index in [4.69, 9.17) is 4.74 Å². The zero-order valence-electron chi connectivity index (χ0n) is 13.7. The predicted octanol–water partition coefficient (Wildman–Crippen LogP) is 0.194. The Kier molecular flexibility index (Phi) is 7.66. The lowest BCUT2D eigenvalue weighted by Crippen LogP contribution is -2.64. The van der Waals surface area contributed by atoms with E-state index in [2.05, 4.69) is 39.3 Å². The molecule has 3 rings (SSSR count). The second kappa shape index (κ2) is 8.50. The van der Waals surface area contributed by atoms with Gasteiger partial charge < -0.3 is 15.4 Å². The molecule has 2 bridgehead atoms. The van der Waals surface area contributed by atoms with Crippen molar-refractivity contribution in [2.24, 2.45) is 4.99 Å². The third-order valence-corrected chi connectivity index (χ3v) is 4.36. The summed E-state index contributed by atoms with van der Waals surface area (Å²) < 4.78 is 5.41. The first-order chi connectivity index (χ1) is 9.54. The van der Waals surface area contributed by atoms with Crippen molar-refractivity contribution < 1.29 is 4.74 Å². The number of hydrogen-bond acceptors (Lipinski definition) is 4. The number of rotatable bonds is 5. The van der Waals surface area contributed by atoms with Gasteiger partial charge in [0.05, 0.1) is 5.60 Å². The molecule has 6 nitrogen and oxygen atoms in total. The van der Waals surface area contributed by atoms with Gasteiger partial charge in [-0.3, -0.25) is 14.8 Å². The predicted molar refractivity (Wildman–Crippen MR) is 97.7 cm³/mol. The van der Waals surface area contributed by atoms with Crippen molar-refractivity contribution >= 4 is 29.9 Å². The number of hydrogen-bond donors (Lipinski definition) is 2. The number of ether oxygens (including phenoxy) is 1. The normalized spacial score (nSPS) is 29.0. The van der Waals surface area contributed by atoms with E-state index in [0.717, 1.165) is 19.0 Å². The summed E-state index contributed by atoms with van der Waals surface area (Å²) in [5.74, 6) is 0.854. The standard InChI is InChI=1S/C14H29N5O.HI/c1-14(2,20-4)11-17-13(15-3)16-9-12-10-18-5-7-19(12)8-6-18;/h12H,5-11H2,1-4H3,(H2,15,16,17);1H. The minimum atomic E-state index is -0.184. The molecule has 0 saturated carbocycles. The molecule has 0 aromatic rings. The van der Waals surface area contributed by atoms with Gasteiger partial charge in [0, 0.05) is 66.0 Å². The third kappa shape index (κ3) is 5.54. The van der Waals surface area contributed by atoms with Gasteiger partial charge in [-0.15, -0.1) is 24.0 Å². The van der Waals surface area contributed by atoms with Gasteiger partial charge in [0.1, 0.15) is 0 Å². The van der Waals surface area contributed by atoms with Crippen LogP contribution in [0.25, 0.3) is 0 Å². The van der Waals surface area contributed by atoms with E-state index >= 15 is 0 Å². The summed E-state index contributed by atoms with van der Waals surface area (Å²) in [6, 6.07) is 0.603. The fourth-order valence-corrected chi connectivity index (χ4v) is 2.72. The molecule has 0 radical (unpaired) electrons. The maximum atomic E-state index is 5.41. The van der Waals surface area contributed by atoms with Gasteiger partial charge in [-0.25, -0.2) is 0 Å². The van der Waals surface area contributed by atoms with E-state index in [1.54, 1.807) is 7.11 Å². The fraction of sp³-hybridized carbons (Fsp3) is 0.929. The van der Waals surface area contributed by atoms with Gasteiger partial charge in [-0.1, -0.05) is 0 Å². The molecule has 3 aliphatic heterocycles. The molecule has 124 valence electrons. The van der Waals surface area contributed by atoms with Crippen LogP contribution >= 0.6 is 24.0 Å². The van der Waals surface area contributed by atoms with Crippen molar-refractivity contribution in [2.45, 2.75) is 25.5 Å². The molecule has 0 aliphatic carbocycles. The number of halogens is 1. The summed E-state index contributed by atoms with van der Waals surface area (Å²) in [5, 5.41) is 6.76. The Morgan fingerprint density at radius 3 is 2.38 bits per heavy atom. The van der Waals surface area contributed by atoms with Crippen LogP contribution in [0.1, 0.15) is 13.8 Å². The van der Waals surface area contributed by atoms with E-state index in [1.807, 2.05) is 7.05 Å². The number of nitrogens with zero attached hydrogens (tertiary/aromatic N) is 3. The summed E-state index contributed by atoms with van der Waals surface area (Å²) in [5.41, 5.74) is -0.184. The van der Waals surface area contributed by atoms with Crippen molar-refractivity contribution in [3.8, 4) is 0 Å². The van der Waals surface area contributed by atoms with Crippen LogP contribution in [0, 0.1) is 0 Å². The summed E-state index contributed by atoms with van der Waals surface area (Å²) in [7, 11) is 3.55. The second-order valence-corrected chi connectivity index (χ2v) is 6.26. The largest absolute Gasteiger partial charge is 0.377 e. The highest BCUT2D eigenvalue weighted by Gasteiger charge is 2.31. The molecule has 0 aromatic carbocycles. The highest BCUT2D eigenvalue weighted by molar-refractivity contribution is 14.0. The summed E-state index contributed by atoms with van der Waals surface area (Å²) in [4.78, 5) is 9.41. The summed E-state index contributed by atoms with van der Waals surface area (Å²) >= 11 is 0. The minimum absolute atomic E-state index is 0. The second-order valence-electron chi connectivity index (χ2n) is 6.26. The van der Waals surface area contributed by atoms with Crippen molar-refractivity contribution in [2.75, 3.05) is 60.0 Å². The lowest BCUT2D eigenvalue weighted by Gasteiger charge is -2.47. The van der Waals surface area contributed by atoms with E-state index in [9.17, 15) is 0 Å². The van der Waals surface area contributed by atoms with Crippen molar-refractivity contribution in [3.05, 3.63) is 0 Å². The number of aliphatic imine (C=N–C) groups is 1. The first kappa shape index (κ1) is 18.9. The molecule has 0 spiro atoms. The van der Waals surface area contributed by atoms with Crippen LogP contribution in [-0.2, 0) is 4.74 Å². The van der Waals surface area contributed by atoms with E-state index in [-0.39, 0.29) is 29.6 Å². The van der Waals surface area contributed by atoms with Crippen molar-refractivity contribution in [1.29, 1.82) is 0 Å². The van der Waals surface area contributed by atoms with Crippen molar-refractivity contribution in [1.82, 2.24) is 20.4 Å². The highest BCUT2D eigenvalue weighted by atomic mass is 127. The Labute approximate surface area is 145 Å². The molecule has 0 amide bonds. The number of nitrogens with one attached hydrogen (secondary N) is 2. The van der Waals surface area contributed by atoms with Gasteiger partial charge in [-0.05, 0) is 13.8 Å². The van der Waals surface area contributed by atoms with Crippen LogP contribution in [-0.4, -0.2) is 87.4 Å². The number of guanidine groups is 1. The van der Waals surface area contributed by atoms with Crippen LogP contribution in [0.4, 0.5) is 0 Å². The Morgan fingerprint density at radius 1 is 1.24 bits per heavy atom. The fourth-order valence-electron chi connectivity index (χ4n) is 2.72. The van der Waals surface area contributed by atoms with Crippen LogP contribution in [0.15, 0.2) is 4.99 Å². The molecule has 0 aromatic heterocycles. The lowest BCUT2D eigenvalue weighted by atomic mass is 10.1. The molecule has 3 saturated heterocycles. The lowest BCUT2D eigenvalue weighted by molar-refractivity contribution is 0.0151. The van der Waals surface area contributed by atoms with Gasteiger partial charge in [0.15, 0.2) is 5.96 Å². The maximum absolute atomic E-state index is 5.41. The smallest absolute Gasteiger partial charge is 0.191 e. The molecular formula is C14H30IN5O. The van der Waals surface area contributed by atoms with Gasteiger partial charge >= 0.3 is 0 Å².